The van der Waals surface area contributed by atoms with Gasteiger partial charge >= 0.3 is 0 Å². The predicted molar refractivity (Wildman–Crippen MR) is 69.4 cm³/mol. The Morgan fingerprint density at radius 2 is 2.28 bits per heavy atom. The maximum Gasteiger partial charge on any atom is 0.254 e. The van der Waals surface area contributed by atoms with Crippen LogP contribution < -0.4 is 0 Å². The Morgan fingerprint density at radius 1 is 1.50 bits per heavy atom. The molecule has 2 rings (SSSR count). The zero-order valence-corrected chi connectivity index (χ0v) is 10.8. The van der Waals surface area contributed by atoms with Gasteiger partial charge in [0.15, 0.2) is 0 Å². The molecular formula is C14H20N2O2. The van der Waals surface area contributed by atoms with Crippen LogP contribution >= 0.6 is 0 Å². The van der Waals surface area contributed by atoms with Crippen molar-refractivity contribution in [2.75, 3.05) is 19.7 Å². The molecule has 4 nitrogen and oxygen atoms in total. The fourth-order valence-corrected chi connectivity index (χ4v) is 2.22. The minimum Gasteiger partial charge on any atom is -0.376 e. The van der Waals surface area contributed by atoms with Crippen LogP contribution in [0.15, 0.2) is 24.5 Å². The Balaban J connectivity index is 1.94. The lowest BCUT2D eigenvalue weighted by Crippen LogP contribution is -2.43. The topological polar surface area (TPSA) is 42.4 Å². The van der Waals surface area contributed by atoms with Crippen LogP contribution in [0.2, 0.25) is 0 Å². The largest absolute Gasteiger partial charge is 0.376 e. The zero-order chi connectivity index (χ0) is 12.8. The van der Waals surface area contributed by atoms with Gasteiger partial charge in [0.05, 0.1) is 6.10 Å². The third-order valence-corrected chi connectivity index (χ3v) is 3.15. The van der Waals surface area contributed by atoms with Gasteiger partial charge < -0.3 is 9.64 Å². The van der Waals surface area contributed by atoms with Crippen LogP contribution in [0.5, 0.6) is 0 Å². The number of carbonyl (C=O) groups is 1. The summed E-state index contributed by atoms with van der Waals surface area (Å²) in [5, 5.41) is 0. The highest BCUT2D eigenvalue weighted by Crippen LogP contribution is 2.16. The second-order valence-electron chi connectivity index (χ2n) is 4.62. The molecule has 0 N–H and O–H groups in total. The lowest BCUT2D eigenvalue weighted by Gasteiger charge is -2.32. The molecular weight excluding hydrogens is 228 g/mol. The third kappa shape index (κ3) is 3.29. The summed E-state index contributed by atoms with van der Waals surface area (Å²) in [5.74, 6) is 0.0854. The Morgan fingerprint density at radius 3 is 3.00 bits per heavy atom. The number of carbonyl (C=O) groups excluding carboxylic acids is 1. The molecule has 1 aromatic heterocycles. The Kier molecular flexibility index (Phi) is 4.70. The molecule has 2 heterocycles. The highest BCUT2D eigenvalue weighted by atomic mass is 16.5. The van der Waals surface area contributed by atoms with E-state index in [0.29, 0.717) is 12.1 Å². The van der Waals surface area contributed by atoms with E-state index in [1.807, 2.05) is 4.90 Å². The molecule has 1 aliphatic heterocycles. The number of pyridine rings is 1. The standard InChI is InChI=1S/C14H20N2O2/c1-2-10-18-13-4-3-9-16(11-13)14(17)12-5-7-15-8-6-12/h5-8,13H,2-4,9-11H2,1H3/t13-/m1/s1. The smallest absolute Gasteiger partial charge is 0.254 e. The molecule has 1 aromatic rings. The van der Waals surface area contributed by atoms with Crippen LogP contribution in [0.25, 0.3) is 0 Å². The van der Waals surface area contributed by atoms with Gasteiger partial charge in [0, 0.05) is 37.7 Å². The van der Waals surface area contributed by atoms with Crippen LogP contribution in [-0.2, 0) is 4.74 Å². The quantitative estimate of drug-likeness (QED) is 0.819. The Hall–Kier alpha value is -1.42. The highest BCUT2D eigenvalue weighted by molar-refractivity contribution is 5.94. The first-order valence-electron chi connectivity index (χ1n) is 6.62. The van der Waals surface area contributed by atoms with Crippen molar-refractivity contribution < 1.29 is 9.53 Å². The van der Waals surface area contributed by atoms with E-state index in [1.54, 1.807) is 24.5 Å². The van der Waals surface area contributed by atoms with E-state index >= 15 is 0 Å². The van der Waals surface area contributed by atoms with Crippen molar-refractivity contribution in [1.82, 2.24) is 9.88 Å². The summed E-state index contributed by atoms with van der Waals surface area (Å²) < 4.78 is 5.74. The van der Waals surface area contributed by atoms with Crippen LogP contribution in [0.1, 0.15) is 36.5 Å². The summed E-state index contributed by atoms with van der Waals surface area (Å²) >= 11 is 0. The van der Waals surface area contributed by atoms with E-state index in [2.05, 4.69) is 11.9 Å². The van der Waals surface area contributed by atoms with Crippen molar-refractivity contribution in [3.63, 3.8) is 0 Å². The minimum atomic E-state index is 0.0854. The molecule has 0 aromatic carbocycles. The minimum absolute atomic E-state index is 0.0854. The molecule has 1 amide bonds. The van der Waals surface area contributed by atoms with Crippen LogP contribution in [0, 0.1) is 0 Å². The summed E-state index contributed by atoms with van der Waals surface area (Å²) in [4.78, 5) is 18.1. The predicted octanol–water partition coefficient (Wildman–Crippen LogP) is 2.11. The number of rotatable bonds is 4. The number of aromatic nitrogens is 1. The van der Waals surface area contributed by atoms with Crippen molar-refractivity contribution >= 4 is 5.91 Å². The molecule has 0 aliphatic carbocycles. The normalized spacial score (nSPS) is 19.8. The number of hydrogen-bond donors (Lipinski definition) is 0. The first-order valence-corrected chi connectivity index (χ1v) is 6.62. The van der Waals surface area contributed by atoms with E-state index < -0.39 is 0 Å². The average Bonchev–Trinajstić information content (AvgIpc) is 2.45. The molecule has 18 heavy (non-hydrogen) atoms. The van der Waals surface area contributed by atoms with Crippen molar-refractivity contribution in [3.8, 4) is 0 Å². The summed E-state index contributed by atoms with van der Waals surface area (Å²) in [6.45, 7) is 4.42. The van der Waals surface area contributed by atoms with E-state index in [1.165, 1.54) is 0 Å². The molecule has 0 saturated carbocycles. The molecule has 1 aliphatic rings. The molecule has 0 unspecified atom stereocenters. The summed E-state index contributed by atoms with van der Waals surface area (Å²) in [7, 11) is 0. The molecule has 4 heteroatoms. The van der Waals surface area contributed by atoms with Crippen molar-refractivity contribution in [3.05, 3.63) is 30.1 Å². The van der Waals surface area contributed by atoms with Gasteiger partial charge in [-0.2, -0.15) is 0 Å². The molecule has 0 bridgehead atoms. The van der Waals surface area contributed by atoms with Crippen molar-refractivity contribution in [1.29, 1.82) is 0 Å². The Labute approximate surface area is 108 Å². The van der Waals surface area contributed by atoms with Gasteiger partial charge in [-0.3, -0.25) is 9.78 Å². The number of likely N-dealkylation sites (tertiary alicyclic amines) is 1. The fraction of sp³-hybridized carbons (Fsp3) is 0.571. The highest BCUT2D eigenvalue weighted by Gasteiger charge is 2.24. The molecule has 1 atom stereocenters. The van der Waals surface area contributed by atoms with Crippen molar-refractivity contribution in [2.45, 2.75) is 32.3 Å². The second kappa shape index (κ2) is 6.50. The Bertz CT molecular complexity index is 381. The van der Waals surface area contributed by atoms with Gasteiger partial charge in [-0.1, -0.05) is 6.92 Å². The molecule has 1 saturated heterocycles. The monoisotopic (exact) mass is 248 g/mol. The van der Waals surface area contributed by atoms with E-state index in [9.17, 15) is 4.79 Å². The van der Waals surface area contributed by atoms with Gasteiger partial charge in [0.2, 0.25) is 0 Å². The van der Waals surface area contributed by atoms with E-state index in [0.717, 1.165) is 32.4 Å². The van der Waals surface area contributed by atoms with E-state index in [4.69, 9.17) is 4.74 Å². The zero-order valence-electron chi connectivity index (χ0n) is 10.8. The van der Waals surface area contributed by atoms with Crippen LogP contribution in [0.4, 0.5) is 0 Å². The second-order valence-corrected chi connectivity index (χ2v) is 4.62. The molecule has 0 radical (unpaired) electrons. The van der Waals surface area contributed by atoms with Crippen LogP contribution in [0.3, 0.4) is 0 Å². The van der Waals surface area contributed by atoms with E-state index in [-0.39, 0.29) is 12.0 Å². The van der Waals surface area contributed by atoms with Crippen LogP contribution in [-0.4, -0.2) is 41.6 Å². The summed E-state index contributed by atoms with van der Waals surface area (Å²) in [6.07, 6.45) is 6.61. The summed E-state index contributed by atoms with van der Waals surface area (Å²) in [5.41, 5.74) is 0.709. The maximum atomic E-state index is 12.3. The molecule has 98 valence electrons. The summed E-state index contributed by atoms with van der Waals surface area (Å²) in [6, 6.07) is 3.53. The third-order valence-electron chi connectivity index (χ3n) is 3.15. The molecule has 1 fully saturated rings. The SMILES string of the molecule is CCCO[C@@H]1CCCN(C(=O)c2ccncc2)C1. The lowest BCUT2D eigenvalue weighted by atomic mass is 10.1. The first-order chi connectivity index (χ1) is 8.81. The number of hydrogen-bond acceptors (Lipinski definition) is 3. The van der Waals surface area contributed by atoms with Gasteiger partial charge in [0.25, 0.3) is 5.91 Å². The number of piperidine rings is 1. The average molecular weight is 248 g/mol. The van der Waals surface area contributed by atoms with Gasteiger partial charge in [-0.25, -0.2) is 0 Å². The number of amides is 1. The molecule has 0 spiro atoms. The number of nitrogens with zero attached hydrogens (tertiary/aromatic N) is 2. The van der Waals surface area contributed by atoms with Gasteiger partial charge in [-0.15, -0.1) is 0 Å². The fourth-order valence-electron chi connectivity index (χ4n) is 2.22. The maximum absolute atomic E-state index is 12.3. The first kappa shape index (κ1) is 13.0. The van der Waals surface area contributed by atoms with Gasteiger partial charge in [0.1, 0.15) is 0 Å². The number of ether oxygens (including phenoxy) is 1. The van der Waals surface area contributed by atoms with Crippen molar-refractivity contribution in [2.24, 2.45) is 0 Å². The van der Waals surface area contributed by atoms with Gasteiger partial charge in [-0.05, 0) is 31.4 Å². The lowest BCUT2D eigenvalue weighted by molar-refractivity contribution is 0.00211.